The third-order valence-electron chi connectivity index (χ3n) is 12.8. The van der Waals surface area contributed by atoms with Gasteiger partial charge in [-0.2, -0.15) is 0 Å². The Bertz CT molecular complexity index is 3140. The van der Waals surface area contributed by atoms with E-state index in [9.17, 15) is 0 Å². The summed E-state index contributed by atoms with van der Waals surface area (Å²) in [6, 6.07) is 57.8. The highest BCUT2D eigenvalue weighted by atomic mass is 14.8. The van der Waals surface area contributed by atoms with Crippen LogP contribution in [0.25, 0.3) is 77.3 Å². The minimum Gasteiger partial charge on any atom is -0.250 e. The molecule has 12 bridgehead atoms. The highest BCUT2D eigenvalue weighted by Gasteiger charge is 2.46. The Kier molecular flexibility index (Phi) is 6.64. The first-order chi connectivity index (χ1) is 28.0. The zero-order valence-electron chi connectivity index (χ0n) is 31.9. The van der Waals surface area contributed by atoms with Gasteiger partial charge in [0.05, 0.1) is 38.9 Å². The van der Waals surface area contributed by atoms with Crippen LogP contribution in [0.5, 0.6) is 0 Å². The summed E-state index contributed by atoms with van der Waals surface area (Å²) in [5.41, 5.74) is 19.1. The molecule has 15 rings (SSSR count). The quantitative estimate of drug-likeness (QED) is 0.146. The molecule has 268 valence electrons. The maximum absolute atomic E-state index is 5.39. The van der Waals surface area contributed by atoms with Gasteiger partial charge < -0.3 is 0 Å². The third kappa shape index (κ3) is 4.50. The second-order valence-electron chi connectivity index (χ2n) is 15.9. The molecule has 4 heteroatoms. The van der Waals surface area contributed by atoms with E-state index in [0.717, 1.165) is 77.5 Å². The lowest BCUT2D eigenvalue weighted by molar-refractivity contribution is 0.766. The molecule has 1 spiro atoms. The number of fused-ring (bicyclic) bond motifs is 3. The average molecular weight is 729 g/mol. The van der Waals surface area contributed by atoms with Gasteiger partial charge in [0.1, 0.15) is 0 Å². The Labute approximate surface area is 330 Å². The number of aryl methyl sites for hydroxylation is 2. The van der Waals surface area contributed by atoms with Gasteiger partial charge in [-0.25, -0.2) is 19.9 Å². The number of rotatable bonds is 0. The monoisotopic (exact) mass is 728 g/mol. The van der Waals surface area contributed by atoms with Gasteiger partial charge in [-0.05, 0) is 82.6 Å². The first-order valence-corrected chi connectivity index (χ1v) is 19.8. The zero-order chi connectivity index (χ0) is 38.0. The van der Waals surface area contributed by atoms with Crippen LogP contribution in [0.3, 0.4) is 0 Å². The standard InChI is InChI=1S/C53H36N4/c1-30-28-37-20-22-39(30)47-26-18-35-14-12-33-16-24-45(54-49(33)51(35)56-47)32(3)46-25-17-34-13-15-36-19-27-48(57-52(36)50(34)55-46)40-23-21-38(29-31(40)2)53(37)43-10-6-4-8-41(43)42-9-5-7-11-44(42)53/h4-29,32H,1-3H3. The minimum absolute atomic E-state index is 0.0451. The van der Waals surface area contributed by atoms with Gasteiger partial charge in [-0.1, -0.05) is 140 Å². The molecular weight excluding hydrogens is 693 g/mol. The molecule has 1 aliphatic carbocycles. The molecule has 0 saturated heterocycles. The molecule has 0 fully saturated rings. The van der Waals surface area contributed by atoms with Crippen molar-refractivity contribution >= 4 is 43.6 Å². The van der Waals surface area contributed by atoms with Crippen molar-refractivity contribution < 1.29 is 0 Å². The lowest BCUT2D eigenvalue weighted by atomic mass is 9.67. The number of benzene rings is 6. The highest BCUT2D eigenvalue weighted by Crippen LogP contribution is 2.56. The SMILES string of the molecule is Cc1cc2ccc1-c1ccc3ccc4ccc(nc4c3n1)C(C)c1ccc3ccc4ccc(nc4c3n1)-c1ccc(cc1C)C21c2ccccc2-c2ccccc21. The smallest absolute Gasteiger partial charge is 0.0972 e. The van der Waals surface area contributed by atoms with Gasteiger partial charge in [0.2, 0.25) is 0 Å². The molecule has 0 saturated carbocycles. The van der Waals surface area contributed by atoms with Crippen molar-refractivity contribution in [3.63, 3.8) is 0 Å². The maximum Gasteiger partial charge on any atom is 0.0972 e. The fourth-order valence-electron chi connectivity index (χ4n) is 9.89. The van der Waals surface area contributed by atoms with Crippen LogP contribution in [0.1, 0.15) is 57.6 Å². The van der Waals surface area contributed by atoms with E-state index < -0.39 is 5.41 Å². The van der Waals surface area contributed by atoms with Crippen molar-refractivity contribution in [3.8, 4) is 33.6 Å². The van der Waals surface area contributed by atoms with Crippen molar-refractivity contribution in [1.82, 2.24) is 19.9 Å². The van der Waals surface area contributed by atoms with E-state index in [2.05, 4.69) is 178 Å². The summed E-state index contributed by atoms with van der Waals surface area (Å²) in [5, 5.41) is 4.28. The van der Waals surface area contributed by atoms with E-state index in [1.165, 1.54) is 44.5 Å². The highest BCUT2D eigenvalue weighted by molar-refractivity contribution is 6.05. The Hall–Kier alpha value is -7.04. The minimum atomic E-state index is -0.534. The summed E-state index contributed by atoms with van der Waals surface area (Å²) < 4.78 is 0. The van der Waals surface area contributed by atoms with E-state index in [0.29, 0.717) is 0 Å². The van der Waals surface area contributed by atoms with Crippen LogP contribution in [0, 0.1) is 13.8 Å². The van der Waals surface area contributed by atoms with Crippen molar-refractivity contribution in [2.45, 2.75) is 32.1 Å². The Morgan fingerprint density at radius 1 is 0.386 bits per heavy atom. The van der Waals surface area contributed by atoms with Crippen LogP contribution in [0.2, 0.25) is 0 Å². The number of pyridine rings is 4. The predicted molar refractivity (Wildman–Crippen MR) is 233 cm³/mol. The first-order valence-electron chi connectivity index (χ1n) is 19.8. The van der Waals surface area contributed by atoms with Crippen molar-refractivity contribution in [2.75, 3.05) is 0 Å². The fraction of sp³-hybridized carbons (Fsp3) is 0.0943. The third-order valence-corrected chi connectivity index (χ3v) is 12.8. The number of hydrogen-bond donors (Lipinski definition) is 0. The van der Waals surface area contributed by atoms with Crippen molar-refractivity contribution in [1.29, 1.82) is 0 Å². The molecule has 0 amide bonds. The summed E-state index contributed by atoms with van der Waals surface area (Å²) in [6.45, 7) is 6.64. The molecule has 57 heavy (non-hydrogen) atoms. The second kappa shape index (κ2) is 11.7. The van der Waals surface area contributed by atoms with Crippen LogP contribution in [-0.2, 0) is 5.41 Å². The van der Waals surface area contributed by atoms with Crippen LogP contribution >= 0.6 is 0 Å². The molecule has 0 radical (unpaired) electrons. The molecule has 4 aromatic heterocycles. The van der Waals surface area contributed by atoms with Gasteiger partial charge in [-0.15, -0.1) is 0 Å². The van der Waals surface area contributed by atoms with E-state index in [-0.39, 0.29) is 5.92 Å². The Morgan fingerprint density at radius 2 is 0.772 bits per heavy atom. The number of hydrogen-bond acceptors (Lipinski definition) is 4. The normalized spacial score (nSPS) is 13.9. The summed E-state index contributed by atoms with van der Waals surface area (Å²) in [7, 11) is 0. The average Bonchev–Trinajstić information content (AvgIpc) is 3.56. The van der Waals surface area contributed by atoms with Crippen LogP contribution < -0.4 is 0 Å². The molecular formula is C53H36N4. The maximum atomic E-state index is 5.39. The van der Waals surface area contributed by atoms with Crippen LogP contribution in [-0.4, -0.2) is 19.9 Å². The van der Waals surface area contributed by atoms with Gasteiger partial charge in [0, 0.05) is 50.0 Å². The van der Waals surface area contributed by atoms with E-state index in [1.807, 2.05) is 0 Å². The predicted octanol–water partition coefficient (Wildman–Crippen LogP) is 12.7. The van der Waals surface area contributed by atoms with Gasteiger partial charge in [0.15, 0.2) is 0 Å². The second-order valence-corrected chi connectivity index (χ2v) is 15.9. The van der Waals surface area contributed by atoms with Crippen LogP contribution in [0.4, 0.5) is 0 Å². The Morgan fingerprint density at radius 3 is 1.21 bits per heavy atom. The molecule has 0 N–H and O–H groups in total. The Balaban J connectivity index is 1.19. The van der Waals surface area contributed by atoms with Gasteiger partial charge in [-0.3, -0.25) is 0 Å². The molecule has 0 atom stereocenters. The first kappa shape index (κ1) is 32.2. The van der Waals surface area contributed by atoms with Gasteiger partial charge in [0.25, 0.3) is 0 Å². The van der Waals surface area contributed by atoms with Crippen LogP contribution in [0.15, 0.2) is 158 Å². The topological polar surface area (TPSA) is 51.6 Å². The molecule has 0 unspecified atom stereocenters. The fourth-order valence-corrected chi connectivity index (χ4v) is 9.89. The summed E-state index contributed by atoms with van der Waals surface area (Å²) in [4.78, 5) is 21.5. The lowest BCUT2D eigenvalue weighted by Crippen LogP contribution is -2.29. The van der Waals surface area contributed by atoms with E-state index in [1.54, 1.807) is 0 Å². The molecule has 4 aliphatic heterocycles. The zero-order valence-corrected chi connectivity index (χ0v) is 31.9. The van der Waals surface area contributed by atoms with Crippen molar-refractivity contribution in [3.05, 3.63) is 202 Å². The lowest BCUT2D eigenvalue weighted by Gasteiger charge is -2.35. The number of aromatic nitrogens is 4. The molecule has 4 nitrogen and oxygen atoms in total. The molecule has 6 aromatic carbocycles. The van der Waals surface area contributed by atoms with Gasteiger partial charge >= 0.3 is 0 Å². The summed E-state index contributed by atoms with van der Waals surface area (Å²) >= 11 is 0. The number of nitrogens with zero attached hydrogens (tertiary/aromatic N) is 4. The molecule has 5 aliphatic rings. The molecule has 8 heterocycles. The summed E-state index contributed by atoms with van der Waals surface area (Å²) in [5.74, 6) is -0.0451. The molecule has 10 aromatic rings. The largest absolute Gasteiger partial charge is 0.250 e. The van der Waals surface area contributed by atoms with E-state index in [4.69, 9.17) is 19.9 Å². The van der Waals surface area contributed by atoms with Crippen molar-refractivity contribution in [2.24, 2.45) is 0 Å². The van der Waals surface area contributed by atoms with E-state index >= 15 is 0 Å². The summed E-state index contributed by atoms with van der Waals surface area (Å²) in [6.07, 6.45) is 0.